The average molecular weight is 839 g/mol. The van der Waals surface area contributed by atoms with Gasteiger partial charge in [0, 0.05) is 67.9 Å². The van der Waals surface area contributed by atoms with Gasteiger partial charge in [-0.25, -0.2) is 18.7 Å². The number of aromatic carboxylic acids is 1. The van der Waals surface area contributed by atoms with E-state index in [0.717, 1.165) is 48.6 Å². The molecule has 2 saturated heterocycles. The Labute approximate surface area is 354 Å². The Morgan fingerprint density at radius 3 is 2.48 bits per heavy atom. The summed E-state index contributed by atoms with van der Waals surface area (Å²) >= 11 is 0. The number of fused-ring (bicyclic) bond motifs is 2. The first-order valence-electron chi connectivity index (χ1n) is 21.2. The molecule has 5 aromatic rings. The number of methoxy groups -OCH3 is 1. The number of likely N-dealkylation sites (tertiary alicyclic amines) is 1. The molecule has 3 aliphatic rings. The summed E-state index contributed by atoms with van der Waals surface area (Å²) in [6, 6.07) is 10.2. The van der Waals surface area contributed by atoms with Crippen molar-refractivity contribution in [3.8, 4) is 22.9 Å². The van der Waals surface area contributed by atoms with E-state index in [0.29, 0.717) is 70.8 Å². The van der Waals surface area contributed by atoms with Gasteiger partial charge in [0.1, 0.15) is 36.0 Å². The molecular formula is C46H55FN6O8. The van der Waals surface area contributed by atoms with Gasteiger partial charge in [-0.2, -0.15) is 15.1 Å². The molecule has 1 unspecified atom stereocenters. The Balaban J connectivity index is 1.34. The molecular weight excluding hydrogens is 784 g/mol. The third-order valence-electron chi connectivity index (χ3n) is 11.9. The molecule has 2 aliphatic heterocycles. The van der Waals surface area contributed by atoms with Crippen LogP contribution in [0.1, 0.15) is 105 Å². The second-order valence-corrected chi connectivity index (χ2v) is 17.5. The molecule has 0 bridgehead atoms. The maximum atomic E-state index is 16.5. The Morgan fingerprint density at radius 2 is 1.80 bits per heavy atom. The molecule has 2 aromatic heterocycles. The van der Waals surface area contributed by atoms with Crippen LogP contribution in [0.15, 0.2) is 42.6 Å². The predicted octanol–water partition coefficient (Wildman–Crippen LogP) is 8.81. The minimum absolute atomic E-state index is 0.0579. The van der Waals surface area contributed by atoms with E-state index >= 15 is 4.39 Å². The zero-order valence-corrected chi connectivity index (χ0v) is 36.0. The number of benzene rings is 3. The molecule has 0 radical (unpaired) electrons. The number of nitrogens with zero attached hydrogens (tertiary/aromatic N) is 6. The molecule has 3 atom stereocenters. The lowest BCUT2D eigenvalue weighted by Crippen LogP contribution is -2.39. The number of amides is 1. The van der Waals surface area contributed by atoms with Crippen LogP contribution in [0.3, 0.4) is 0 Å². The largest absolute Gasteiger partial charge is 0.486 e. The highest BCUT2D eigenvalue weighted by Crippen LogP contribution is 2.53. The van der Waals surface area contributed by atoms with Gasteiger partial charge in [-0.05, 0) is 114 Å². The number of aromatic nitrogens is 4. The average Bonchev–Trinajstić information content (AvgIpc) is 3.81. The summed E-state index contributed by atoms with van der Waals surface area (Å²) < 4.78 is 48.8. The van der Waals surface area contributed by atoms with Gasteiger partial charge in [0.2, 0.25) is 0 Å². The zero-order valence-electron chi connectivity index (χ0n) is 36.0. The quantitative estimate of drug-likeness (QED) is 0.121. The molecule has 8 rings (SSSR count). The molecule has 324 valence electrons. The summed E-state index contributed by atoms with van der Waals surface area (Å²) in [5, 5.41) is 15.9. The first kappa shape index (κ1) is 42.2. The van der Waals surface area contributed by atoms with E-state index in [1.54, 1.807) is 60.1 Å². The van der Waals surface area contributed by atoms with Crippen LogP contribution in [0.5, 0.6) is 11.8 Å². The maximum Gasteiger partial charge on any atom is 0.410 e. The van der Waals surface area contributed by atoms with Gasteiger partial charge in [-0.3, -0.25) is 0 Å². The van der Waals surface area contributed by atoms with E-state index in [9.17, 15) is 14.7 Å². The number of hydrogen-bond donors (Lipinski definition) is 1. The van der Waals surface area contributed by atoms with Crippen molar-refractivity contribution >= 4 is 39.7 Å². The van der Waals surface area contributed by atoms with E-state index < -0.39 is 11.6 Å². The predicted molar refractivity (Wildman–Crippen MR) is 228 cm³/mol. The molecule has 0 spiro atoms. The lowest BCUT2D eigenvalue weighted by molar-refractivity contribution is -0.0367. The molecule has 14 nitrogen and oxygen atoms in total. The highest BCUT2D eigenvalue weighted by molar-refractivity contribution is 6.06. The number of halogens is 1. The molecule has 3 fully saturated rings. The summed E-state index contributed by atoms with van der Waals surface area (Å²) in [6.07, 6.45) is 6.11. The zero-order chi connectivity index (χ0) is 43.2. The molecule has 3 aromatic carbocycles. The maximum absolute atomic E-state index is 16.5. The summed E-state index contributed by atoms with van der Waals surface area (Å²) in [7, 11) is 3.57. The number of carboxylic acid groups (broad SMARTS) is 1. The number of carboxylic acids is 1. The third kappa shape index (κ3) is 8.81. The molecule has 4 heterocycles. The monoisotopic (exact) mass is 838 g/mol. The van der Waals surface area contributed by atoms with E-state index in [4.69, 9.17) is 38.8 Å². The van der Waals surface area contributed by atoms with Crippen molar-refractivity contribution in [1.82, 2.24) is 24.6 Å². The minimum Gasteiger partial charge on any atom is -0.486 e. The molecule has 1 saturated carbocycles. The number of carbonyl (C=O) groups is 2. The summed E-state index contributed by atoms with van der Waals surface area (Å²) in [6.45, 7) is 11.0. The van der Waals surface area contributed by atoms with Crippen LogP contribution in [0.4, 0.5) is 15.0 Å². The highest BCUT2D eigenvalue weighted by atomic mass is 19.1. The Kier molecular flexibility index (Phi) is 11.8. The normalized spacial score (nSPS) is 18.7. The molecule has 1 amide bonds. The van der Waals surface area contributed by atoms with Crippen molar-refractivity contribution in [3.63, 3.8) is 0 Å². The number of carbonyl (C=O) groups excluding carboxylic acids is 1. The standard InChI is InChI=1S/C46H55FN6O8/c1-26(57-7)24-60-44-49-40-33(42(50-44)51(6)31-17-18-52(23-31)45(56)61-46(3,4)5)20-32(29-15-16-29)39(41(40)59-25-28-11-13-30(14-12-28)43(54)55)38-27(2)35(47)21-36-34(38)22-48-53(36)37-10-8-9-19-58-37/h11-14,20-22,26,29,31,37H,8-10,15-19,23-25H2,1-7H3,(H,54,55)/t26-,31+,37?/m0/s1. The first-order valence-corrected chi connectivity index (χ1v) is 21.2. The summed E-state index contributed by atoms with van der Waals surface area (Å²) in [4.78, 5) is 38.8. The Hall–Kier alpha value is -5.54. The second kappa shape index (κ2) is 17.1. The number of hydrogen-bond acceptors (Lipinski definition) is 11. The highest BCUT2D eigenvalue weighted by Gasteiger charge is 2.37. The fourth-order valence-corrected chi connectivity index (χ4v) is 8.28. The van der Waals surface area contributed by atoms with Gasteiger partial charge in [0.25, 0.3) is 0 Å². The minimum atomic E-state index is -1.03. The SMILES string of the molecule is CO[C@@H](C)COc1nc(N(C)[C@@H]2CCN(C(=O)OC(C)(C)C)C2)c2cc(C3CC3)c(-c3c(C)c(F)cc4c3cnn4C3CCCCO3)c(OCc3ccc(C(=O)O)cc3)c2n1. The van der Waals surface area contributed by atoms with E-state index in [-0.39, 0.29) is 61.0 Å². The van der Waals surface area contributed by atoms with Crippen LogP contribution in [0.25, 0.3) is 32.9 Å². The molecule has 15 heteroatoms. The van der Waals surface area contributed by atoms with E-state index in [2.05, 4.69) is 11.0 Å². The van der Waals surface area contributed by atoms with Crippen LogP contribution < -0.4 is 14.4 Å². The van der Waals surface area contributed by atoms with Crippen molar-refractivity contribution in [1.29, 1.82) is 0 Å². The number of likely N-dealkylation sites (N-methyl/N-ethyl adjacent to an activating group) is 1. The van der Waals surface area contributed by atoms with Crippen molar-refractivity contribution in [2.75, 3.05) is 45.4 Å². The fraction of sp³-hybridized carbons (Fsp3) is 0.500. The fourth-order valence-electron chi connectivity index (χ4n) is 8.28. The van der Waals surface area contributed by atoms with Crippen molar-refractivity contribution in [2.24, 2.45) is 0 Å². The molecule has 1 aliphatic carbocycles. The number of ether oxygens (including phenoxy) is 5. The topological polar surface area (TPSA) is 151 Å². The van der Waals surface area contributed by atoms with Crippen LogP contribution in [-0.2, 0) is 20.8 Å². The lowest BCUT2D eigenvalue weighted by Gasteiger charge is -2.29. The second-order valence-electron chi connectivity index (χ2n) is 17.5. The van der Waals surface area contributed by atoms with Gasteiger partial charge in [0.15, 0.2) is 12.0 Å². The molecule has 1 N–H and O–H groups in total. The summed E-state index contributed by atoms with van der Waals surface area (Å²) in [5.41, 5.74) is 4.13. The first-order chi connectivity index (χ1) is 29.2. The van der Waals surface area contributed by atoms with Gasteiger partial charge in [0.05, 0.1) is 23.4 Å². The lowest BCUT2D eigenvalue weighted by atomic mass is 9.88. The van der Waals surface area contributed by atoms with Crippen molar-refractivity contribution in [2.45, 2.75) is 110 Å². The van der Waals surface area contributed by atoms with Crippen LogP contribution in [0.2, 0.25) is 0 Å². The van der Waals surface area contributed by atoms with Gasteiger partial charge in [-0.15, -0.1) is 0 Å². The van der Waals surface area contributed by atoms with Gasteiger partial charge in [-0.1, -0.05) is 12.1 Å². The number of rotatable bonds is 13. The van der Waals surface area contributed by atoms with Crippen molar-refractivity contribution < 1.29 is 42.8 Å². The van der Waals surface area contributed by atoms with Crippen molar-refractivity contribution in [3.05, 3.63) is 70.7 Å². The van der Waals surface area contributed by atoms with Crippen LogP contribution >= 0.6 is 0 Å². The Bertz CT molecular complexity index is 2440. The summed E-state index contributed by atoms with van der Waals surface area (Å²) in [5.74, 6) is -0.247. The van der Waals surface area contributed by atoms with E-state index in [1.165, 1.54) is 0 Å². The smallest absolute Gasteiger partial charge is 0.410 e. The van der Waals surface area contributed by atoms with Gasteiger partial charge < -0.3 is 38.6 Å². The van der Waals surface area contributed by atoms with Crippen LogP contribution in [-0.4, -0.2) is 100 Å². The molecule has 61 heavy (non-hydrogen) atoms. The number of anilines is 1. The van der Waals surface area contributed by atoms with Crippen LogP contribution in [0, 0.1) is 12.7 Å². The Morgan fingerprint density at radius 1 is 1.03 bits per heavy atom. The third-order valence-corrected chi connectivity index (χ3v) is 11.9. The van der Waals surface area contributed by atoms with E-state index in [1.807, 2.05) is 34.7 Å². The van der Waals surface area contributed by atoms with Gasteiger partial charge >= 0.3 is 18.1 Å².